The predicted octanol–water partition coefficient (Wildman–Crippen LogP) is 5.75. The predicted molar refractivity (Wildman–Crippen MR) is 89.9 cm³/mol. The first-order valence-corrected chi connectivity index (χ1v) is 9.18. The van der Waals surface area contributed by atoms with Crippen LogP contribution >= 0.6 is 15.9 Å². The van der Waals surface area contributed by atoms with E-state index in [9.17, 15) is 0 Å². The molecule has 0 amide bonds. The number of halogens is 1. The van der Waals surface area contributed by atoms with Crippen molar-refractivity contribution in [2.45, 2.75) is 58.3 Å². The Morgan fingerprint density at radius 2 is 1.80 bits per heavy atom. The van der Waals surface area contributed by atoms with Gasteiger partial charge in [-0.1, -0.05) is 60.7 Å². The molecule has 1 aromatic carbocycles. The Hall–Kier alpha value is -0.500. The van der Waals surface area contributed by atoms with Gasteiger partial charge in [-0.15, -0.1) is 0 Å². The quantitative estimate of drug-likeness (QED) is 0.575. The van der Waals surface area contributed by atoms with Crippen molar-refractivity contribution in [1.82, 2.24) is 0 Å². The number of ether oxygens (including phenoxy) is 1. The zero-order valence-corrected chi connectivity index (χ0v) is 14.3. The number of alkyl halides is 1. The lowest BCUT2D eigenvalue weighted by molar-refractivity contribution is 0.122. The second-order valence-corrected chi connectivity index (χ2v) is 6.79. The van der Waals surface area contributed by atoms with Crippen molar-refractivity contribution in [2.75, 3.05) is 11.9 Å². The first kappa shape index (κ1) is 15.9. The molecule has 0 aliphatic heterocycles. The SMILES string of the molecule is CCCCc1ccc(OCC2(CBr)CCCCC2)cc1. The maximum Gasteiger partial charge on any atom is 0.119 e. The maximum absolute atomic E-state index is 6.07. The summed E-state index contributed by atoms with van der Waals surface area (Å²) in [6.07, 6.45) is 10.4. The third-order valence-corrected chi connectivity index (χ3v) is 5.67. The first-order valence-electron chi connectivity index (χ1n) is 8.06. The molecule has 1 aromatic rings. The fourth-order valence-electron chi connectivity index (χ4n) is 2.99. The van der Waals surface area contributed by atoms with Gasteiger partial charge in [0, 0.05) is 10.7 Å². The average Bonchev–Trinajstić information content (AvgIpc) is 2.53. The highest BCUT2D eigenvalue weighted by molar-refractivity contribution is 9.09. The molecule has 2 heteroatoms. The number of hydrogen-bond acceptors (Lipinski definition) is 1. The van der Waals surface area contributed by atoms with Crippen molar-refractivity contribution >= 4 is 15.9 Å². The van der Waals surface area contributed by atoms with Crippen molar-refractivity contribution in [1.29, 1.82) is 0 Å². The molecule has 0 saturated heterocycles. The molecule has 20 heavy (non-hydrogen) atoms. The van der Waals surface area contributed by atoms with Crippen molar-refractivity contribution in [3.8, 4) is 5.75 Å². The molecule has 0 unspecified atom stereocenters. The Morgan fingerprint density at radius 3 is 2.40 bits per heavy atom. The van der Waals surface area contributed by atoms with Crippen LogP contribution in [-0.4, -0.2) is 11.9 Å². The molecule has 0 heterocycles. The van der Waals surface area contributed by atoms with Gasteiger partial charge in [-0.2, -0.15) is 0 Å². The van der Waals surface area contributed by atoms with Crippen molar-refractivity contribution in [2.24, 2.45) is 5.41 Å². The number of rotatable bonds is 7. The van der Waals surface area contributed by atoms with Gasteiger partial charge >= 0.3 is 0 Å². The van der Waals surface area contributed by atoms with Crippen LogP contribution in [0.2, 0.25) is 0 Å². The lowest BCUT2D eigenvalue weighted by Gasteiger charge is -2.35. The summed E-state index contributed by atoms with van der Waals surface area (Å²) in [6, 6.07) is 8.70. The van der Waals surface area contributed by atoms with E-state index in [0.717, 1.165) is 17.7 Å². The van der Waals surface area contributed by atoms with E-state index in [2.05, 4.69) is 47.1 Å². The maximum atomic E-state index is 6.07. The highest BCUT2D eigenvalue weighted by Gasteiger charge is 2.31. The van der Waals surface area contributed by atoms with E-state index in [-0.39, 0.29) is 0 Å². The molecule has 1 aliphatic rings. The lowest BCUT2D eigenvalue weighted by Crippen LogP contribution is -2.32. The van der Waals surface area contributed by atoms with Crippen LogP contribution in [0.3, 0.4) is 0 Å². The number of benzene rings is 1. The molecule has 1 aliphatic carbocycles. The lowest BCUT2D eigenvalue weighted by atomic mass is 9.76. The van der Waals surface area contributed by atoms with Gasteiger partial charge in [0.05, 0.1) is 6.61 Å². The standard InChI is InChI=1S/C18H27BrO/c1-2-3-7-16-8-10-17(11-9-16)20-15-18(14-19)12-5-4-6-13-18/h8-11H,2-7,12-15H2,1H3. The minimum atomic E-state index is 0.360. The average molecular weight is 339 g/mol. The zero-order chi connectivity index (χ0) is 14.3. The van der Waals surface area contributed by atoms with E-state index < -0.39 is 0 Å². The normalized spacial score (nSPS) is 17.9. The minimum absolute atomic E-state index is 0.360. The topological polar surface area (TPSA) is 9.23 Å². The van der Waals surface area contributed by atoms with E-state index >= 15 is 0 Å². The molecule has 112 valence electrons. The van der Waals surface area contributed by atoms with Crippen LogP contribution in [0, 0.1) is 5.41 Å². The van der Waals surface area contributed by atoms with Crippen molar-refractivity contribution in [3.63, 3.8) is 0 Å². The van der Waals surface area contributed by atoms with Gasteiger partial charge < -0.3 is 4.74 Å². The van der Waals surface area contributed by atoms with Crippen LogP contribution in [0.4, 0.5) is 0 Å². The van der Waals surface area contributed by atoms with E-state index in [1.54, 1.807) is 0 Å². The summed E-state index contributed by atoms with van der Waals surface area (Å²) in [4.78, 5) is 0. The van der Waals surface area contributed by atoms with Gasteiger partial charge in [0.1, 0.15) is 5.75 Å². The van der Waals surface area contributed by atoms with Gasteiger partial charge in [0.15, 0.2) is 0 Å². The molecule has 1 nitrogen and oxygen atoms in total. The van der Waals surface area contributed by atoms with E-state index in [1.165, 1.54) is 56.9 Å². The summed E-state index contributed by atoms with van der Waals surface area (Å²) >= 11 is 3.70. The summed E-state index contributed by atoms with van der Waals surface area (Å²) in [5.74, 6) is 1.02. The van der Waals surface area contributed by atoms with Crippen LogP contribution in [0.1, 0.15) is 57.4 Å². The molecule has 0 aromatic heterocycles. The number of hydrogen-bond donors (Lipinski definition) is 0. The number of unbranched alkanes of at least 4 members (excludes halogenated alkanes) is 1. The molecular weight excluding hydrogens is 312 g/mol. The Morgan fingerprint density at radius 1 is 1.10 bits per heavy atom. The second-order valence-electron chi connectivity index (χ2n) is 6.23. The van der Waals surface area contributed by atoms with Gasteiger partial charge in [0.25, 0.3) is 0 Å². The Bertz CT molecular complexity index is 379. The number of aryl methyl sites for hydroxylation is 1. The highest BCUT2D eigenvalue weighted by Crippen LogP contribution is 2.38. The minimum Gasteiger partial charge on any atom is -0.493 e. The smallest absolute Gasteiger partial charge is 0.119 e. The molecule has 2 rings (SSSR count). The Labute approximate surface area is 132 Å². The Kier molecular flexibility index (Phi) is 6.41. The zero-order valence-electron chi connectivity index (χ0n) is 12.7. The summed E-state index contributed by atoms with van der Waals surface area (Å²) in [5.41, 5.74) is 1.78. The summed E-state index contributed by atoms with van der Waals surface area (Å²) in [7, 11) is 0. The van der Waals surface area contributed by atoms with Crippen LogP contribution in [-0.2, 0) is 6.42 Å². The van der Waals surface area contributed by atoms with Crippen molar-refractivity contribution < 1.29 is 4.74 Å². The van der Waals surface area contributed by atoms with Gasteiger partial charge in [-0.3, -0.25) is 0 Å². The molecular formula is C18H27BrO. The third-order valence-electron chi connectivity index (χ3n) is 4.49. The monoisotopic (exact) mass is 338 g/mol. The fourth-order valence-corrected chi connectivity index (χ4v) is 3.71. The van der Waals surface area contributed by atoms with Crippen molar-refractivity contribution in [3.05, 3.63) is 29.8 Å². The summed E-state index contributed by atoms with van der Waals surface area (Å²) < 4.78 is 6.07. The molecule has 0 radical (unpaired) electrons. The van der Waals surface area contributed by atoms with Crippen LogP contribution in [0.5, 0.6) is 5.75 Å². The van der Waals surface area contributed by atoms with Gasteiger partial charge in [-0.05, 0) is 43.4 Å². The summed E-state index contributed by atoms with van der Waals surface area (Å²) in [6.45, 7) is 3.09. The third kappa shape index (κ3) is 4.51. The van der Waals surface area contributed by atoms with E-state index in [4.69, 9.17) is 4.74 Å². The van der Waals surface area contributed by atoms with Crippen LogP contribution in [0.25, 0.3) is 0 Å². The van der Waals surface area contributed by atoms with Gasteiger partial charge in [0.2, 0.25) is 0 Å². The molecule has 1 saturated carbocycles. The molecule has 0 bridgehead atoms. The Balaban J connectivity index is 1.86. The van der Waals surface area contributed by atoms with Gasteiger partial charge in [-0.25, -0.2) is 0 Å². The molecule has 0 spiro atoms. The van der Waals surface area contributed by atoms with E-state index in [1.807, 2.05) is 0 Å². The first-order chi connectivity index (χ1) is 9.78. The molecule has 0 N–H and O–H groups in total. The van der Waals surface area contributed by atoms with E-state index in [0.29, 0.717) is 5.41 Å². The second kappa shape index (κ2) is 8.07. The molecule has 0 atom stereocenters. The highest BCUT2D eigenvalue weighted by atomic mass is 79.9. The van der Waals surface area contributed by atoms with Crippen LogP contribution < -0.4 is 4.74 Å². The fraction of sp³-hybridized carbons (Fsp3) is 0.667. The molecule has 1 fully saturated rings. The summed E-state index contributed by atoms with van der Waals surface area (Å²) in [5, 5.41) is 1.06. The van der Waals surface area contributed by atoms with Crippen LogP contribution in [0.15, 0.2) is 24.3 Å². The largest absolute Gasteiger partial charge is 0.493 e.